The minimum absolute atomic E-state index is 0.194. The molecule has 0 radical (unpaired) electrons. The summed E-state index contributed by atoms with van der Waals surface area (Å²) in [6.07, 6.45) is 3.10. The third-order valence-electron chi connectivity index (χ3n) is 7.14. The number of hydrogen-bond donors (Lipinski definition) is 1. The zero-order chi connectivity index (χ0) is 32.1. The van der Waals surface area contributed by atoms with Crippen LogP contribution in [0.5, 0.6) is 11.5 Å². The first-order chi connectivity index (χ1) is 21.7. The van der Waals surface area contributed by atoms with Crippen LogP contribution in [0.15, 0.2) is 92.3 Å². The molecule has 1 aliphatic heterocycles. The minimum atomic E-state index is -0.992. The Morgan fingerprint density at radius 3 is 2.53 bits per heavy atom. The highest BCUT2D eigenvalue weighted by molar-refractivity contribution is 9.10. The number of ether oxygens (including phenoxy) is 3. The summed E-state index contributed by atoms with van der Waals surface area (Å²) in [6.45, 7) is 4.17. The molecule has 0 amide bonds. The van der Waals surface area contributed by atoms with Crippen LogP contribution >= 0.6 is 27.3 Å². The van der Waals surface area contributed by atoms with Crippen LogP contribution in [0.2, 0.25) is 0 Å². The van der Waals surface area contributed by atoms with Crippen molar-refractivity contribution in [1.82, 2.24) is 4.57 Å². The van der Waals surface area contributed by atoms with Gasteiger partial charge in [0.15, 0.2) is 4.80 Å². The van der Waals surface area contributed by atoms with Crippen LogP contribution in [-0.4, -0.2) is 35.3 Å². The van der Waals surface area contributed by atoms with Gasteiger partial charge in [0.05, 0.1) is 45.6 Å². The number of methoxy groups -OCH3 is 1. The standard InChI is InChI=1S/C34H31BrN2O7S/c1-4-7-26-29(33(41)43-5-2)30(22-12-15-27(42-3)25(35)18-22)37-31(38)28(45-34(37)36-26)17-20-10-13-24(14-11-20)44-19-21-8-6-9-23(16-21)32(39)40/h6,8-18,30H,4-5,7,19H2,1-3H3,(H,39,40)/b28-17-/t30-/m0/s1. The summed E-state index contributed by atoms with van der Waals surface area (Å²) in [5.41, 5.74) is 3.13. The van der Waals surface area contributed by atoms with E-state index in [-0.39, 0.29) is 24.3 Å². The Bertz CT molecular complexity index is 1960. The molecule has 1 N–H and O–H groups in total. The lowest BCUT2D eigenvalue weighted by Crippen LogP contribution is -2.40. The van der Waals surface area contributed by atoms with E-state index in [0.717, 1.165) is 23.1 Å². The van der Waals surface area contributed by atoms with E-state index in [2.05, 4.69) is 15.9 Å². The molecule has 0 saturated carbocycles. The molecule has 4 aromatic rings. The van der Waals surface area contributed by atoms with Gasteiger partial charge in [-0.3, -0.25) is 9.36 Å². The molecule has 0 fully saturated rings. The van der Waals surface area contributed by atoms with E-state index in [1.165, 1.54) is 17.4 Å². The number of aromatic nitrogens is 1. The second-order valence-corrected chi connectivity index (χ2v) is 12.0. The first kappa shape index (κ1) is 31.9. The van der Waals surface area contributed by atoms with Gasteiger partial charge in [0.1, 0.15) is 18.1 Å². The normalized spacial score (nSPS) is 14.5. The fourth-order valence-electron chi connectivity index (χ4n) is 5.06. The third kappa shape index (κ3) is 6.94. The molecule has 11 heteroatoms. The van der Waals surface area contributed by atoms with E-state index in [1.54, 1.807) is 61.1 Å². The molecule has 0 spiro atoms. The van der Waals surface area contributed by atoms with Gasteiger partial charge in [-0.25, -0.2) is 14.6 Å². The highest BCUT2D eigenvalue weighted by atomic mass is 79.9. The Balaban J connectivity index is 1.52. The predicted molar refractivity (Wildman–Crippen MR) is 175 cm³/mol. The molecule has 1 atom stereocenters. The van der Waals surface area contributed by atoms with Crippen LogP contribution in [0.4, 0.5) is 0 Å². The molecule has 3 aromatic carbocycles. The highest BCUT2D eigenvalue weighted by Crippen LogP contribution is 2.36. The van der Waals surface area contributed by atoms with Gasteiger partial charge in [0.2, 0.25) is 0 Å². The predicted octanol–water partition coefficient (Wildman–Crippen LogP) is 5.63. The van der Waals surface area contributed by atoms with Crippen molar-refractivity contribution in [3.63, 3.8) is 0 Å². The van der Waals surface area contributed by atoms with Gasteiger partial charge >= 0.3 is 11.9 Å². The monoisotopic (exact) mass is 690 g/mol. The lowest BCUT2D eigenvalue weighted by molar-refractivity contribution is -0.139. The maximum atomic E-state index is 14.0. The molecule has 0 unspecified atom stereocenters. The van der Waals surface area contributed by atoms with Crippen molar-refractivity contribution in [3.8, 4) is 11.5 Å². The van der Waals surface area contributed by atoms with Crippen molar-refractivity contribution in [2.24, 2.45) is 4.99 Å². The van der Waals surface area contributed by atoms with Crippen LogP contribution in [0.3, 0.4) is 0 Å². The number of esters is 1. The topological polar surface area (TPSA) is 116 Å². The first-order valence-corrected chi connectivity index (χ1v) is 16.0. The van der Waals surface area contributed by atoms with Crippen molar-refractivity contribution in [2.45, 2.75) is 39.3 Å². The summed E-state index contributed by atoms with van der Waals surface area (Å²) >= 11 is 4.81. The Morgan fingerprint density at radius 2 is 1.87 bits per heavy atom. The molecular formula is C34H31BrN2O7S. The van der Waals surface area contributed by atoms with E-state index >= 15 is 0 Å². The van der Waals surface area contributed by atoms with Gasteiger partial charge in [-0.15, -0.1) is 0 Å². The minimum Gasteiger partial charge on any atom is -0.496 e. The van der Waals surface area contributed by atoms with Crippen LogP contribution in [0, 0.1) is 0 Å². The number of nitrogens with zero attached hydrogens (tertiary/aromatic N) is 2. The molecule has 0 saturated heterocycles. The number of hydrogen-bond acceptors (Lipinski definition) is 8. The van der Waals surface area contributed by atoms with Crippen molar-refractivity contribution in [1.29, 1.82) is 0 Å². The fourth-order valence-corrected chi connectivity index (χ4v) is 6.64. The van der Waals surface area contributed by atoms with E-state index in [9.17, 15) is 19.5 Å². The number of carbonyl (C=O) groups excluding carboxylic acids is 1. The number of halogens is 1. The van der Waals surface area contributed by atoms with Crippen LogP contribution < -0.4 is 24.4 Å². The van der Waals surface area contributed by atoms with Crippen molar-refractivity contribution in [3.05, 3.63) is 124 Å². The quantitative estimate of drug-likeness (QED) is 0.203. The van der Waals surface area contributed by atoms with Crippen molar-refractivity contribution >= 4 is 45.3 Å². The number of thiazole rings is 1. The van der Waals surface area contributed by atoms with Crippen LogP contribution in [0.1, 0.15) is 59.8 Å². The average molecular weight is 692 g/mol. The number of benzene rings is 3. The lowest BCUT2D eigenvalue weighted by Gasteiger charge is -2.26. The Kier molecular flexibility index (Phi) is 9.99. The summed E-state index contributed by atoms with van der Waals surface area (Å²) < 4.78 is 19.5. The van der Waals surface area contributed by atoms with Crippen molar-refractivity contribution < 1.29 is 28.9 Å². The molecule has 1 aromatic heterocycles. The second-order valence-electron chi connectivity index (χ2n) is 10.2. The van der Waals surface area contributed by atoms with E-state index in [0.29, 0.717) is 43.0 Å². The Hall–Kier alpha value is -4.48. The van der Waals surface area contributed by atoms with Gasteiger partial charge in [0.25, 0.3) is 5.56 Å². The smallest absolute Gasteiger partial charge is 0.338 e. The fraction of sp³-hybridized carbons (Fsp3) is 0.235. The Labute approximate surface area is 271 Å². The van der Waals surface area contributed by atoms with Gasteiger partial charge in [-0.2, -0.15) is 0 Å². The number of carbonyl (C=O) groups is 2. The molecule has 1 aliphatic rings. The summed E-state index contributed by atoms with van der Waals surface area (Å²) in [4.78, 5) is 43.9. The number of rotatable bonds is 11. The zero-order valence-corrected chi connectivity index (χ0v) is 27.3. The average Bonchev–Trinajstić information content (AvgIpc) is 3.34. The van der Waals surface area contributed by atoms with E-state index in [1.807, 2.05) is 31.2 Å². The molecular weight excluding hydrogens is 660 g/mol. The SMILES string of the molecule is CCCC1=C(C(=O)OCC)[C@H](c2ccc(OC)c(Br)c2)n2c(s/c(=C\c3ccc(OCc4cccc(C(=O)O)c4)cc3)c2=O)=N1. The lowest BCUT2D eigenvalue weighted by atomic mass is 9.94. The summed E-state index contributed by atoms with van der Waals surface area (Å²) in [5, 5.41) is 9.22. The summed E-state index contributed by atoms with van der Waals surface area (Å²) in [5.74, 6) is -0.264. The first-order valence-electron chi connectivity index (χ1n) is 14.3. The van der Waals surface area contributed by atoms with Gasteiger partial charge in [-0.1, -0.05) is 55.0 Å². The zero-order valence-electron chi connectivity index (χ0n) is 24.9. The second kappa shape index (κ2) is 14.1. The molecule has 5 rings (SSSR count). The van der Waals surface area contributed by atoms with Gasteiger partial charge in [-0.05, 0) is 88.4 Å². The van der Waals surface area contributed by atoms with E-state index in [4.69, 9.17) is 19.2 Å². The maximum Gasteiger partial charge on any atom is 0.338 e. The molecule has 0 bridgehead atoms. The largest absolute Gasteiger partial charge is 0.496 e. The molecule has 2 heterocycles. The van der Waals surface area contributed by atoms with E-state index < -0.39 is 18.0 Å². The van der Waals surface area contributed by atoms with Crippen LogP contribution in [0.25, 0.3) is 6.08 Å². The summed E-state index contributed by atoms with van der Waals surface area (Å²) in [6, 6.07) is 18.6. The number of carboxylic acid groups (broad SMARTS) is 1. The molecule has 45 heavy (non-hydrogen) atoms. The number of fused-ring (bicyclic) bond motifs is 1. The summed E-state index contributed by atoms with van der Waals surface area (Å²) in [7, 11) is 1.57. The maximum absolute atomic E-state index is 14.0. The highest BCUT2D eigenvalue weighted by Gasteiger charge is 2.34. The molecule has 232 valence electrons. The number of carboxylic acids is 1. The third-order valence-corrected chi connectivity index (χ3v) is 8.74. The van der Waals surface area contributed by atoms with Gasteiger partial charge < -0.3 is 19.3 Å². The van der Waals surface area contributed by atoms with Crippen LogP contribution in [-0.2, 0) is 16.1 Å². The number of allylic oxidation sites excluding steroid dienone is 1. The molecule has 9 nitrogen and oxygen atoms in total. The molecule has 0 aliphatic carbocycles. The van der Waals surface area contributed by atoms with Gasteiger partial charge in [0, 0.05) is 0 Å². The Morgan fingerprint density at radius 1 is 1.09 bits per heavy atom. The van der Waals surface area contributed by atoms with Crippen molar-refractivity contribution in [2.75, 3.05) is 13.7 Å². The number of aromatic carboxylic acids is 1.